The lowest BCUT2D eigenvalue weighted by Gasteiger charge is -2.29. The van der Waals surface area contributed by atoms with Gasteiger partial charge in [0, 0.05) is 35.8 Å². The van der Waals surface area contributed by atoms with E-state index < -0.39 is 0 Å². The van der Waals surface area contributed by atoms with Crippen molar-refractivity contribution < 1.29 is 14.2 Å². The molecule has 0 bridgehead atoms. The van der Waals surface area contributed by atoms with Crippen molar-refractivity contribution in [1.29, 1.82) is 0 Å². The van der Waals surface area contributed by atoms with Crippen LogP contribution in [0.25, 0.3) is 10.9 Å². The average molecular weight is 392 g/mol. The highest BCUT2D eigenvalue weighted by atomic mass is 16.7. The van der Waals surface area contributed by atoms with E-state index in [1.54, 1.807) is 7.11 Å². The minimum Gasteiger partial charge on any atom is -0.497 e. The van der Waals surface area contributed by atoms with Crippen molar-refractivity contribution in [3.63, 3.8) is 0 Å². The number of nitrogens with zero attached hydrogens (tertiary/aromatic N) is 2. The van der Waals surface area contributed by atoms with Gasteiger partial charge in [-0.2, -0.15) is 0 Å². The molecule has 1 fully saturated rings. The Morgan fingerprint density at radius 1 is 1.00 bits per heavy atom. The van der Waals surface area contributed by atoms with Gasteiger partial charge in [0.2, 0.25) is 0 Å². The maximum absolute atomic E-state index is 5.99. The van der Waals surface area contributed by atoms with Crippen LogP contribution in [0, 0.1) is 12.8 Å². The largest absolute Gasteiger partial charge is 0.497 e. The summed E-state index contributed by atoms with van der Waals surface area (Å²) in [5.74, 6) is 1.28. The number of methoxy groups -OCH3 is 1. The number of aryl methyl sites for hydroxylation is 3. The molecule has 0 amide bonds. The van der Waals surface area contributed by atoms with Crippen LogP contribution in [0.5, 0.6) is 5.75 Å². The molecule has 0 spiro atoms. The number of fused-ring (bicyclic) bond motifs is 1. The number of benzene rings is 1. The van der Waals surface area contributed by atoms with Gasteiger partial charge in [-0.05, 0) is 67.6 Å². The fourth-order valence-electron chi connectivity index (χ4n) is 3.72. The smallest absolute Gasteiger partial charge is 0.157 e. The molecule has 29 heavy (non-hydrogen) atoms. The van der Waals surface area contributed by atoms with Crippen molar-refractivity contribution in [3.8, 4) is 5.75 Å². The van der Waals surface area contributed by atoms with Crippen molar-refractivity contribution in [1.82, 2.24) is 9.97 Å². The van der Waals surface area contributed by atoms with Gasteiger partial charge in [0.05, 0.1) is 25.8 Å². The molecule has 1 saturated heterocycles. The highest BCUT2D eigenvalue weighted by molar-refractivity contribution is 5.83. The first-order valence-corrected chi connectivity index (χ1v) is 10.3. The summed E-state index contributed by atoms with van der Waals surface area (Å²) in [5.41, 5.74) is 4.56. The van der Waals surface area contributed by atoms with E-state index in [2.05, 4.69) is 41.2 Å². The second kappa shape index (κ2) is 9.33. The summed E-state index contributed by atoms with van der Waals surface area (Å²) in [4.78, 5) is 8.93. The van der Waals surface area contributed by atoms with Crippen LogP contribution in [0.2, 0.25) is 0 Å². The number of hydrogen-bond donors (Lipinski definition) is 0. The van der Waals surface area contributed by atoms with Crippen LogP contribution in [0.3, 0.4) is 0 Å². The van der Waals surface area contributed by atoms with Crippen molar-refractivity contribution in [2.75, 3.05) is 20.3 Å². The fraction of sp³-hybridized carbons (Fsp3) is 0.417. The average Bonchev–Trinajstić information content (AvgIpc) is 2.77. The molecule has 0 saturated carbocycles. The van der Waals surface area contributed by atoms with Crippen LogP contribution < -0.4 is 4.74 Å². The van der Waals surface area contributed by atoms with E-state index in [9.17, 15) is 0 Å². The second-order valence-electron chi connectivity index (χ2n) is 7.72. The first kappa shape index (κ1) is 19.8. The van der Waals surface area contributed by atoms with Crippen LogP contribution in [-0.2, 0) is 22.3 Å². The molecular weight excluding hydrogens is 364 g/mol. The Labute approximate surface area is 172 Å². The standard InChI is InChI=1S/C24H28N2O3/c1-17-3-6-20(26-14-17)7-4-18-15-28-24(29-16-18)10-5-19-11-12-25-23-9-8-21(27-2)13-22(19)23/h3,6,8-9,11-14,18,24H,4-5,7,10,15-16H2,1-2H3. The van der Waals surface area contributed by atoms with Gasteiger partial charge in [0.25, 0.3) is 0 Å². The predicted molar refractivity (Wildman–Crippen MR) is 113 cm³/mol. The zero-order valence-corrected chi connectivity index (χ0v) is 17.1. The highest BCUT2D eigenvalue weighted by Crippen LogP contribution is 2.25. The summed E-state index contributed by atoms with van der Waals surface area (Å²) in [6.07, 6.45) is 7.37. The lowest BCUT2D eigenvalue weighted by molar-refractivity contribution is -0.203. The lowest BCUT2D eigenvalue weighted by atomic mass is 10.0. The van der Waals surface area contributed by atoms with Crippen LogP contribution in [0.15, 0.2) is 48.8 Å². The summed E-state index contributed by atoms with van der Waals surface area (Å²) in [6, 6.07) is 12.3. The van der Waals surface area contributed by atoms with Gasteiger partial charge in [-0.25, -0.2) is 0 Å². The molecule has 3 aromatic rings. The number of pyridine rings is 2. The molecule has 4 rings (SSSR count). The maximum atomic E-state index is 5.99. The van der Waals surface area contributed by atoms with Crippen molar-refractivity contribution in [3.05, 3.63) is 65.6 Å². The SMILES string of the molecule is COc1ccc2nccc(CCC3OCC(CCc4ccc(C)cn4)CO3)c2c1. The topological polar surface area (TPSA) is 53.5 Å². The first-order chi connectivity index (χ1) is 14.2. The minimum absolute atomic E-state index is 0.141. The van der Waals surface area contributed by atoms with Gasteiger partial charge in [-0.3, -0.25) is 9.97 Å². The van der Waals surface area contributed by atoms with Crippen LogP contribution in [0.1, 0.15) is 29.7 Å². The van der Waals surface area contributed by atoms with Crippen LogP contribution >= 0.6 is 0 Å². The molecule has 0 atom stereocenters. The van der Waals surface area contributed by atoms with Gasteiger partial charge in [-0.15, -0.1) is 0 Å². The van der Waals surface area contributed by atoms with Crippen LogP contribution in [0.4, 0.5) is 0 Å². The lowest BCUT2D eigenvalue weighted by Crippen LogP contribution is -2.32. The summed E-state index contributed by atoms with van der Waals surface area (Å²) in [7, 11) is 1.69. The minimum atomic E-state index is -0.141. The second-order valence-corrected chi connectivity index (χ2v) is 7.72. The molecule has 152 valence electrons. The molecule has 0 N–H and O–H groups in total. The quantitative estimate of drug-likeness (QED) is 0.592. The van der Waals surface area contributed by atoms with Crippen molar-refractivity contribution in [2.45, 2.75) is 38.9 Å². The Balaban J connectivity index is 1.27. The normalized spacial score (nSPS) is 19.4. The zero-order valence-electron chi connectivity index (χ0n) is 17.1. The van der Waals surface area contributed by atoms with E-state index >= 15 is 0 Å². The monoisotopic (exact) mass is 392 g/mol. The maximum Gasteiger partial charge on any atom is 0.157 e. The number of rotatable bonds is 7. The number of ether oxygens (including phenoxy) is 3. The van der Waals surface area contributed by atoms with Crippen molar-refractivity contribution >= 4 is 10.9 Å². The molecule has 1 aliphatic heterocycles. The number of hydrogen-bond acceptors (Lipinski definition) is 5. The molecule has 1 aromatic carbocycles. The van der Waals surface area contributed by atoms with E-state index in [0.29, 0.717) is 5.92 Å². The number of aromatic nitrogens is 2. The molecule has 5 heteroatoms. The molecule has 5 nitrogen and oxygen atoms in total. The Morgan fingerprint density at radius 2 is 1.86 bits per heavy atom. The third-order valence-corrected chi connectivity index (χ3v) is 5.51. The molecular formula is C24H28N2O3. The van der Waals surface area contributed by atoms with E-state index in [0.717, 1.165) is 61.2 Å². The Bertz CT molecular complexity index is 935. The first-order valence-electron chi connectivity index (χ1n) is 10.3. The van der Waals surface area contributed by atoms with Gasteiger partial charge < -0.3 is 14.2 Å². The third-order valence-electron chi connectivity index (χ3n) is 5.51. The molecule has 1 aliphatic rings. The predicted octanol–water partition coefficient (Wildman–Crippen LogP) is 4.50. The van der Waals surface area contributed by atoms with Gasteiger partial charge in [0.15, 0.2) is 6.29 Å². The summed E-state index contributed by atoms with van der Waals surface area (Å²) >= 11 is 0. The molecule has 2 aromatic heterocycles. The Hall–Kier alpha value is -2.50. The summed E-state index contributed by atoms with van der Waals surface area (Å²) in [5, 5.41) is 1.13. The molecule has 0 unspecified atom stereocenters. The van der Waals surface area contributed by atoms with E-state index in [1.165, 1.54) is 11.1 Å². The zero-order chi connectivity index (χ0) is 20.1. The molecule has 0 radical (unpaired) electrons. The van der Waals surface area contributed by atoms with Gasteiger partial charge in [-0.1, -0.05) is 6.07 Å². The third kappa shape index (κ3) is 5.11. The fourth-order valence-corrected chi connectivity index (χ4v) is 3.72. The summed E-state index contributed by atoms with van der Waals surface area (Å²) in [6.45, 7) is 3.56. The highest BCUT2D eigenvalue weighted by Gasteiger charge is 2.22. The Kier molecular flexibility index (Phi) is 6.37. The molecule has 0 aliphatic carbocycles. The molecule has 3 heterocycles. The van der Waals surface area contributed by atoms with Gasteiger partial charge in [0.1, 0.15) is 5.75 Å². The van der Waals surface area contributed by atoms with E-state index in [4.69, 9.17) is 14.2 Å². The van der Waals surface area contributed by atoms with E-state index in [-0.39, 0.29) is 6.29 Å². The van der Waals surface area contributed by atoms with Crippen LogP contribution in [-0.4, -0.2) is 36.6 Å². The summed E-state index contributed by atoms with van der Waals surface area (Å²) < 4.78 is 17.4. The van der Waals surface area contributed by atoms with E-state index in [1.807, 2.05) is 24.5 Å². The van der Waals surface area contributed by atoms with Gasteiger partial charge >= 0.3 is 0 Å². The van der Waals surface area contributed by atoms with Crippen molar-refractivity contribution in [2.24, 2.45) is 5.92 Å². The Morgan fingerprint density at radius 3 is 2.62 bits per heavy atom.